The Balaban J connectivity index is 2.69. The summed E-state index contributed by atoms with van der Waals surface area (Å²) in [6.07, 6.45) is 3.47. The SMILES string of the molecule is O=Cc1cccn1-n1ccc(=O)[nH]c1=O. The summed E-state index contributed by atoms with van der Waals surface area (Å²) in [7, 11) is 0. The molecule has 2 heterocycles. The molecule has 0 aliphatic rings. The van der Waals surface area contributed by atoms with Crippen molar-refractivity contribution in [2.24, 2.45) is 0 Å². The molecule has 0 unspecified atom stereocenters. The third kappa shape index (κ3) is 1.52. The van der Waals surface area contributed by atoms with Crippen molar-refractivity contribution in [3.8, 4) is 0 Å². The van der Waals surface area contributed by atoms with E-state index in [1.165, 1.54) is 16.9 Å². The number of hydrogen-bond donors (Lipinski definition) is 1. The Morgan fingerprint density at radius 1 is 1.13 bits per heavy atom. The predicted molar refractivity (Wildman–Crippen MR) is 51.9 cm³/mol. The monoisotopic (exact) mass is 205 g/mol. The molecule has 0 amide bonds. The molecule has 0 spiro atoms. The van der Waals surface area contributed by atoms with Crippen LogP contribution in [0.5, 0.6) is 0 Å². The standard InChI is InChI=1S/C9H7N3O3/c13-6-7-2-1-4-11(7)12-5-3-8(14)10-9(12)15/h1-6H,(H,10,14,15). The lowest BCUT2D eigenvalue weighted by atomic mass is 10.5. The van der Waals surface area contributed by atoms with Gasteiger partial charge in [-0.2, -0.15) is 0 Å². The summed E-state index contributed by atoms with van der Waals surface area (Å²) >= 11 is 0. The molecule has 0 radical (unpaired) electrons. The maximum absolute atomic E-state index is 11.4. The zero-order valence-corrected chi connectivity index (χ0v) is 7.58. The van der Waals surface area contributed by atoms with Crippen molar-refractivity contribution in [1.82, 2.24) is 14.3 Å². The average molecular weight is 205 g/mol. The van der Waals surface area contributed by atoms with Crippen LogP contribution in [0.2, 0.25) is 0 Å². The van der Waals surface area contributed by atoms with Crippen LogP contribution in [0.4, 0.5) is 0 Å². The third-order valence-electron chi connectivity index (χ3n) is 1.92. The lowest BCUT2D eigenvalue weighted by Crippen LogP contribution is -2.32. The number of H-pyrrole nitrogens is 1. The molecule has 2 aromatic rings. The lowest BCUT2D eigenvalue weighted by Gasteiger charge is -2.06. The molecule has 6 nitrogen and oxygen atoms in total. The van der Waals surface area contributed by atoms with Gasteiger partial charge in [0.1, 0.15) is 5.69 Å². The highest BCUT2D eigenvalue weighted by atomic mass is 16.2. The molecule has 0 saturated heterocycles. The highest BCUT2D eigenvalue weighted by molar-refractivity contribution is 5.72. The topological polar surface area (TPSA) is 76.9 Å². The van der Waals surface area contributed by atoms with E-state index in [1.807, 2.05) is 0 Å². The van der Waals surface area contributed by atoms with Crippen molar-refractivity contribution in [3.63, 3.8) is 0 Å². The average Bonchev–Trinajstić information content (AvgIpc) is 2.65. The van der Waals surface area contributed by atoms with Gasteiger partial charge >= 0.3 is 5.69 Å². The van der Waals surface area contributed by atoms with Crippen molar-refractivity contribution in [3.05, 3.63) is 57.1 Å². The second-order valence-electron chi connectivity index (χ2n) is 2.85. The van der Waals surface area contributed by atoms with Gasteiger partial charge in [0.25, 0.3) is 5.56 Å². The maximum atomic E-state index is 11.4. The molecule has 0 aliphatic carbocycles. The fourth-order valence-electron chi connectivity index (χ4n) is 1.26. The van der Waals surface area contributed by atoms with Crippen LogP contribution in [0.3, 0.4) is 0 Å². The van der Waals surface area contributed by atoms with Gasteiger partial charge in [-0.25, -0.2) is 14.1 Å². The van der Waals surface area contributed by atoms with Gasteiger partial charge in [-0.15, -0.1) is 0 Å². The Labute approximate surface area is 83.4 Å². The Kier molecular flexibility index (Phi) is 2.09. The molecule has 0 fully saturated rings. The number of nitrogens with zero attached hydrogens (tertiary/aromatic N) is 2. The minimum Gasteiger partial charge on any atom is -0.296 e. The second kappa shape index (κ2) is 3.41. The van der Waals surface area contributed by atoms with Crippen LogP contribution in [0.25, 0.3) is 0 Å². The molecular weight excluding hydrogens is 198 g/mol. The quantitative estimate of drug-likeness (QED) is 0.669. The number of rotatable bonds is 2. The highest BCUT2D eigenvalue weighted by Crippen LogP contribution is 1.97. The molecule has 2 aromatic heterocycles. The van der Waals surface area contributed by atoms with Crippen LogP contribution in [0.15, 0.2) is 40.2 Å². The summed E-state index contributed by atoms with van der Waals surface area (Å²) in [6, 6.07) is 4.39. The fourth-order valence-corrected chi connectivity index (χ4v) is 1.26. The van der Waals surface area contributed by atoms with Crippen molar-refractivity contribution >= 4 is 6.29 Å². The van der Waals surface area contributed by atoms with Crippen molar-refractivity contribution in [2.45, 2.75) is 0 Å². The molecule has 2 rings (SSSR count). The minimum absolute atomic E-state index is 0.323. The van der Waals surface area contributed by atoms with E-state index in [-0.39, 0.29) is 0 Å². The molecule has 0 aliphatic heterocycles. The molecule has 0 bridgehead atoms. The Morgan fingerprint density at radius 3 is 2.60 bits per heavy atom. The summed E-state index contributed by atoms with van der Waals surface area (Å²) in [4.78, 5) is 34.9. The number of aldehydes is 1. The molecule has 0 saturated carbocycles. The van der Waals surface area contributed by atoms with Crippen molar-refractivity contribution in [2.75, 3.05) is 0 Å². The van der Waals surface area contributed by atoms with E-state index in [0.717, 1.165) is 4.68 Å². The third-order valence-corrected chi connectivity index (χ3v) is 1.92. The van der Waals surface area contributed by atoms with Gasteiger partial charge in [0.15, 0.2) is 6.29 Å². The predicted octanol–water partition coefficient (Wildman–Crippen LogP) is -0.538. The van der Waals surface area contributed by atoms with E-state index in [4.69, 9.17) is 0 Å². The first-order chi connectivity index (χ1) is 7.22. The van der Waals surface area contributed by atoms with Crippen LogP contribution in [-0.2, 0) is 0 Å². The van der Waals surface area contributed by atoms with Gasteiger partial charge in [-0.05, 0) is 12.1 Å². The minimum atomic E-state index is -0.596. The Morgan fingerprint density at radius 2 is 1.93 bits per heavy atom. The first-order valence-corrected chi connectivity index (χ1v) is 4.17. The largest absolute Gasteiger partial charge is 0.347 e. The summed E-state index contributed by atoms with van der Waals surface area (Å²) in [5, 5.41) is 0. The Bertz CT molecular complexity index is 605. The number of carbonyl (C=O) groups is 1. The van der Waals surface area contributed by atoms with Gasteiger partial charge in [0.2, 0.25) is 0 Å². The normalized spacial score (nSPS) is 10.1. The van der Waals surface area contributed by atoms with Crippen LogP contribution in [0.1, 0.15) is 10.5 Å². The summed E-state index contributed by atoms with van der Waals surface area (Å²) in [5.41, 5.74) is -0.748. The first kappa shape index (κ1) is 9.20. The fraction of sp³-hybridized carbons (Fsp3) is 0. The molecule has 15 heavy (non-hydrogen) atoms. The van der Waals surface area contributed by atoms with E-state index in [9.17, 15) is 14.4 Å². The first-order valence-electron chi connectivity index (χ1n) is 4.17. The maximum Gasteiger partial charge on any atom is 0.347 e. The van der Waals surface area contributed by atoms with Gasteiger partial charge in [-0.1, -0.05) is 0 Å². The summed E-state index contributed by atoms with van der Waals surface area (Å²) in [5.74, 6) is 0. The zero-order valence-electron chi connectivity index (χ0n) is 7.58. The number of hydrogen-bond acceptors (Lipinski definition) is 3. The van der Waals surface area contributed by atoms with Crippen LogP contribution < -0.4 is 11.2 Å². The molecule has 76 valence electrons. The van der Waals surface area contributed by atoms with Crippen molar-refractivity contribution < 1.29 is 4.79 Å². The lowest BCUT2D eigenvalue weighted by molar-refractivity contribution is 0.111. The Hall–Kier alpha value is -2.37. The van der Waals surface area contributed by atoms with Crippen LogP contribution in [-0.4, -0.2) is 20.6 Å². The van der Waals surface area contributed by atoms with Gasteiger partial charge in [0.05, 0.1) is 0 Å². The molecule has 0 aromatic carbocycles. The highest BCUT2D eigenvalue weighted by Gasteiger charge is 2.02. The molecule has 1 N–H and O–H groups in total. The smallest absolute Gasteiger partial charge is 0.296 e. The number of carbonyl (C=O) groups excluding carboxylic acids is 1. The number of nitrogens with one attached hydrogen (secondary N) is 1. The number of aromatic amines is 1. The van der Waals surface area contributed by atoms with Crippen LogP contribution in [0, 0.1) is 0 Å². The second-order valence-corrected chi connectivity index (χ2v) is 2.85. The molecule has 0 atom stereocenters. The van der Waals surface area contributed by atoms with E-state index < -0.39 is 11.2 Å². The van der Waals surface area contributed by atoms with Gasteiger partial charge in [-0.3, -0.25) is 14.6 Å². The van der Waals surface area contributed by atoms with E-state index in [1.54, 1.807) is 18.3 Å². The van der Waals surface area contributed by atoms with E-state index in [2.05, 4.69) is 4.98 Å². The van der Waals surface area contributed by atoms with Crippen molar-refractivity contribution in [1.29, 1.82) is 0 Å². The summed E-state index contributed by atoms with van der Waals surface area (Å²) in [6.45, 7) is 0. The van der Waals surface area contributed by atoms with Gasteiger partial charge < -0.3 is 0 Å². The molecular formula is C9H7N3O3. The van der Waals surface area contributed by atoms with Crippen LogP contribution >= 0.6 is 0 Å². The van der Waals surface area contributed by atoms with E-state index in [0.29, 0.717) is 12.0 Å². The zero-order chi connectivity index (χ0) is 10.8. The van der Waals surface area contributed by atoms with Gasteiger partial charge in [0, 0.05) is 18.5 Å². The molecule has 6 heteroatoms. The number of aromatic nitrogens is 3. The summed E-state index contributed by atoms with van der Waals surface area (Å²) < 4.78 is 2.47. The van der Waals surface area contributed by atoms with E-state index >= 15 is 0 Å².